The van der Waals surface area contributed by atoms with E-state index in [4.69, 9.17) is 0 Å². The molecule has 0 bridgehead atoms. The lowest BCUT2D eigenvalue weighted by atomic mass is 10.2. The third kappa shape index (κ3) is 3.05. The van der Waals surface area contributed by atoms with E-state index < -0.39 is 0 Å². The number of aromatic nitrogens is 2. The van der Waals surface area contributed by atoms with E-state index >= 15 is 0 Å². The van der Waals surface area contributed by atoms with Crippen molar-refractivity contribution in [1.82, 2.24) is 15.1 Å². The standard InChI is InChI=1S/C15H14N4OS/c1-10-11(9-19(2)18-10)8-13-14(17-15(20)21-13)16-12-6-4-3-5-7-12/h3-9H,1-2H3,(H,16,17,20). The van der Waals surface area contributed by atoms with Gasteiger partial charge in [0.05, 0.1) is 16.3 Å². The van der Waals surface area contributed by atoms with Crippen LogP contribution in [0.2, 0.25) is 0 Å². The first-order valence-corrected chi connectivity index (χ1v) is 7.28. The van der Waals surface area contributed by atoms with Gasteiger partial charge >= 0.3 is 0 Å². The monoisotopic (exact) mass is 298 g/mol. The fourth-order valence-corrected chi connectivity index (χ4v) is 2.77. The highest BCUT2D eigenvalue weighted by molar-refractivity contribution is 8.18. The second-order valence-electron chi connectivity index (χ2n) is 4.66. The predicted octanol–water partition coefficient (Wildman–Crippen LogP) is 3.26. The molecule has 21 heavy (non-hydrogen) atoms. The molecule has 1 aromatic carbocycles. The Morgan fingerprint density at radius 2 is 2.10 bits per heavy atom. The fraction of sp³-hybridized carbons (Fsp3) is 0.133. The summed E-state index contributed by atoms with van der Waals surface area (Å²) in [5.41, 5.74) is 2.71. The van der Waals surface area contributed by atoms with Crippen LogP contribution in [0.5, 0.6) is 0 Å². The summed E-state index contributed by atoms with van der Waals surface area (Å²) in [6, 6.07) is 9.56. The lowest BCUT2D eigenvalue weighted by Crippen LogP contribution is -2.18. The Morgan fingerprint density at radius 1 is 1.33 bits per heavy atom. The van der Waals surface area contributed by atoms with Crippen molar-refractivity contribution in [3.8, 4) is 0 Å². The van der Waals surface area contributed by atoms with Gasteiger partial charge in [0, 0.05) is 18.8 Å². The molecule has 0 spiro atoms. The van der Waals surface area contributed by atoms with Gasteiger partial charge < -0.3 is 5.32 Å². The molecular formula is C15H14N4OS. The van der Waals surface area contributed by atoms with Crippen LogP contribution >= 0.6 is 11.8 Å². The van der Waals surface area contributed by atoms with Gasteiger partial charge in [-0.25, -0.2) is 4.99 Å². The number of para-hydroxylation sites is 1. The average Bonchev–Trinajstić information content (AvgIpc) is 2.94. The first-order chi connectivity index (χ1) is 10.1. The van der Waals surface area contributed by atoms with E-state index in [1.807, 2.05) is 56.6 Å². The molecule has 6 heteroatoms. The average molecular weight is 298 g/mol. The Balaban J connectivity index is 1.98. The van der Waals surface area contributed by atoms with E-state index in [2.05, 4.69) is 15.4 Å². The van der Waals surface area contributed by atoms with Crippen LogP contribution in [0.15, 0.2) is 46.4 Å². The number of hydrogen-bond acceptors (Lipinski definition) is 4. The van der Waals surface area contributed by atoms with Crippen molar-refractivity contribution in [1.29, 1.82) is 0 Å². The largest absolute Gasteiger partial charge is 0.300 e. The van der Waals surface area contributed by atoms with Crippen LogP contribution in [0.25, 0.3) is 6.08 Å². The number of aryl methyl sites for hydroxylation is 2. The van der Waals surface area contributed by atoms with E-state index in [1.54, 1.807) is 4.68 Å². The van der Waals surface area contributed by atoms with Crippen molar-refractivity contribution in [2.24, 2.45) is 12.0 Å². The highest BCUT2D eigenvalue weighted by Gasteiger charge is 2.24. The first kappa shape index (κ1) is 13.6. The third-order valence-corrected chi connectivity index (χ3v) is 3.81. The fourth-order valence-electron chi connectivity index (χ4n) is 2.05. The van der Waals surface area contributed by atoms with Gasteiger partial charge in [-0.15, -0.1) is 0 Å². The summed E-state index contributed by atoms with van der Waals surface area (Å²) in [7, 11) is 1.87. The summed E-state index contributed by atoms with van der Waals surface area (Å²) < 4.78 is 1.75. The molecule has 2 aromatic rings. The summed E-state index contributed by atoms with van der Waals surface area (Å²) in [5, 5.41) is 6.96. The second kappa shape index (κ2) is 5.57. The van der Waals surface area contributed by atoms with Gasteiger partial charge in [-0.3, -0.25) is 9.48 Å². The smallest absolute Gasteiger partial charge is 0.289 e. The van der Waals surface area contributed by atoms with Crippen LogP contribution in [0, 0.1) is 6.92 Å². The van der Waals surface area contributed by atoms with E-state index in [1.165, 1.54) is 0 Å². The minimum Gasteiger partial charge on any atom is -0.300 e. The Hall–Kier alpha value is -2.34. The number of carbonyl (C=O) groups is 1. The lowest BCUT2D eigenvalue weighted by molar-refractivity contribution is 0.265. The number of amides is 1. The number of nitrogens with zero attached hydrogens (tertiary/aromatic N) is 3. The molecule has 5 nitrogen and oxygen atoms in total. The Labute approximate surface area is 126 Å². The molecule has 0 saturated carbocycles. The number of benzene rings is 1. The summed E-state index contributed by atoms with van der Waals surface area (Å²) in [6.07, 6.45) is 3.86. The molecule has 0 radical (unpaired) electrons. The number of aliphatic imine (C=N–C) groups is 1. The van der Waals surface area contributed by atoms with Crippen LogP contribution in [0.3, 0.4) is 0 Å². The maximum Gasteiger partial charge on any atom is 0.289 e. The molecule has 0 atom stereocenters. The highest BCUT2D eigenvalue weighted by atomic mass is 32.2. The predicted molar refractivity (Wildman–Crippen MR) is 85.6 cm³/mol. The maximum atomic E-state index is 11.6. The number of thioether (sulfide) groups is 1. The molecule has 3 rings (SSSR count). The maximum absolute atomic E-state index is 11.6. The molecule has 1 aliphatic heterocycles. The van der Waals surface area contributed by atoms with Crippen LogP contribution in [0.1, 0.15) is 11.3 Å². The molecule has 2 heterocycles. The molecule has 0 aliphatic carbocycles. The molecule has 1 amide bonds. The van der Waals surface area contributed by atoms with Gasteiger partial charge in [-0.1, -0.05) is 18.2 Å². The van der Waals surface area contributed by atoms with Crippen molar-refractivity contribution in [2.75, 3.05) is 0 Å². The molecule has 1 saturated heterocycles. The summed E-state index contributed by atoms with van der Waals surface area (Å²) >= 11 is 1.15. The SMILES string of the molecule is Cc1nn(C)cc1C=C1SC(=O)NC1=Nc1ccccc1. The van der Waals surface area contributed by atoms with Gasteiger partial charge in [0.2, 0.25) is 0 Å². The van der Waals surface area contributed by atoms with Crippen LogP contribution in [-0.4, -0.2) is 20.9 Å². The van der Waals surface area contributed by atoms with Crippen LogP contribution in [-0.2, 0) is 7.05 Å². The van der Waals surface area contributed by atoms with Crippen molar-refractivity contribution in [2.45, 2.75) is 6.92 Å². The topological polar surface area (TPSA) is 59.3 Å². The Bertz CT molecular complexity index is 746. The highest BCUT2D eigenvalue weighted by Crippen LogP contribution is 2.28. The molecule has 1 fully saturated rings. The van der Waals surface area contributed by atoms with Crippen LogP contribution in [0.4, 0.5) is 10.5 Å². The van der Waals surface area contributed by atoms with E-state index in [-0.39, 0.29) is 5.24 Å². The molecule has 1 aliphatic rings. The number of nitrogens with one attached hydrogen (secondary N) is 1. The van der Waals surface area contributed by atoms with Crippen molar-refractivity contribution in [3.63, 3.8) is 0 Å². The second-order valence-corrected chi connectivity index (χ2v) is 5.68. The minimum absolute atomic E-state index is 0.113. The van der Waals surface area contributed by atoms with Crippen molar-refractivity contribution < 1.29 is 4.79 Å². The third-order valence-electron chi connectivity index (χ3n) is 2.99. The van der Waals surface area contributed by atoms with E-state index in [9.17, 15) is 4.79 Å². The lowest BCUT2D eigenvalue weighted by Gasteiger charge is -1.99. The zero-order valence-electron chi connectivity index (χ0n) is 11.7. The quantitative estimate of drug-likeness (QED) is 0.925. The summed E-state index contributed by atoms with van der Waals surface area (Å²) in [6.45, 7) is 1.94. The van der Waals surface area contributed by atoms with Crippen molar-refractivity contribution >= 4 is 34.6 Å². The van der Waals surface area contributed by atoms with E-state index in [0.717, 1.165) is 33.6 Å². The number of carbonyl (C=O) groups excluding carboxylic acids is 1. The van der Waals surface area contributed by atoms with E-state index in [0.29, 0.717) is 5.84 Å². The van der Waals surface area contributed by atoms with Gasteiger partial charge in [0.25, 0.3) is 5.24 Å². The van der Waals surface area contributed by atoms with Gasteiger partial charge in [-0.05, 0) is 36.9 Å². The number of amidine groups is 1. The molecule has 1 N–H and O–H groups in total. The Morgan fingerprint density at radius 3 is 2.76 bits per heavy atom. The zero-order chi connectivity index (χ0) is 14.8. The molecule has 0 unspecified atom stereocenters. The zero-order valence-corrected chi connectivity index (χ0v) is 12.5. The van der Waals surface area contributed by atoms with Crippen molar-refractivity contribution in [3.05, 3.63) is 52.7 Å². The van der Waals surface area contributed by atoms with Crippen LogP contribution < -0.4 is 5.32 Å². The summed E-state index contributed by atoms with van der Waals surface area (Å²) in [4.78, 5) is 16.9. The van der Waals surface area contributed by atoms with Gasteiger partial charge in [-0.2, -0.15) is 5.10 Å². The molecular weight excluding hydrogens is 284 g/mol. The first-order valence-electron chi connectivity index (χ1n) is 6.47. The summed E-state index contributed by atoms with van der Waals surface area (Å²) in [5.74, 6) is 0.583. The Kier molecular flexibility index (Phi) is 3.62. The van der Waals surface area contributed by atoms with Gasteiger partial charge in [0.1, 0.15) is 5.84 Å². The number of rotatable bonds is 2. The molecule has 106 valence electrons. The molecule has 1 aromatic heterocycles. The minimum atomic E-state index is -0.113. The normalized spacial score (nSPS) is 18.5. The van der Waals surface area contributed by atoms with Gasteiger partial charge in [0.15, 0.2) is 0 Å². The number of hydrogen-bond donors (Lipinski definition) is 1.